The lowest BCUT2D eigenvalue weighted by atomic mass is 10.2. The van der Waals surface area contributed by atoms with Gasteiger partial charge in [0.2, 0.25) is 5.91 Å². The molecule has 0 bridgehead atoms. The molecular formula is C16H12N2O2S2. The van der Waals surface area contributed by atoms with E-state index in [-0.39, 0.29) is 17.6 Å². The van der Waals surface area contributed by atoms with Gasteiger partial charge in [-0.1, -0.05) is 42.1 Å². The third kappa shape index (κ3) is 3.52. The van der Waals surface area contributed by atoms with Gasteiger partial charge < -0.3 is 0 Å². The molecule has 1 heterocycles. The Kier molecular flexibility index (Phi) is 4.50. The molecule has 2 amide bonds. The van der Waals surface area contributed by atoms with Gasteiger partial charge in [0.15, 0.2) is 4.34 Å². The first kappa shape index (κ1) is 14.7. The van der Waals surface area contributed by atoms with Crippen molar-refractivity contribution in [1.82, 2.24) is 10.3 Å². The molecule has 1 N–H and O–H groups in total. The fourth-order valence-electron chi connectivity index (χ4n) is 1.86. The van der Waals surface area contributed by atoms with E-state index in [0.29, 0.717) is 5.56 Å². The number of nitrogens with one attached hydrogen (secondary N) is 1. The third-order valence-corrected chi connectivity index (χ3v) is 5.07. The quantitative estimate of drug-likeness (QED) is 0.746. The maximum atomic E-state index is 11.9. The predicted molar refractivity (Wildman–Crippen MR) is 89.3 cm³/mol. The zero-order valence-corrected chi connectivity index (χ0v) is 13.1. The average molecular weight is 328 g/mol. The molecule has 22 heavy (non-hydrogen) atoms. The lowest BCUT2D eigenvalue weighted by molar-refractivity contribution is -0.117. The van der Waals surface area contributed by atoms with Gasteiger partial charge in [0.05, 0.1) is 16.0 Å². The smallest absolute Gasteiger partial charge is 0.257 e. The Hall–Kier alpha value is -2.18. The summed E-state index contributed by atoms with van der Waals surface area (Å²) >= 11 is 2.88. The molecule has 0 fully saturated rings. The van der Waals surface area contributed by atoms with Crippen LogP contribution < -0.4 is 5.32 Å². The van der Waals surface area contributed by atoms with Gasteiger partial charge in [-0.05, 0) is 24.3 Å². The minimum absolute atomic E-state index is 0.165. The molecule has 110 valence electrons. The number of amides is 2. The van der Waals surface area contributed by atoms with Crippen molar-refractivity contribution in [3.63, 3.8) is 0 Å². The van der Waals surface area contributed by atoms with Crippen LogP contribution in [-0.4, -0.2) is 22.6 Å². The molecule has 0 aliphatic rings. The summed E-state index contributed by atoms with van der Waals surface area (Å²) in [5.41, 5.74) is 1.40. The number of para-hydroxylation sites is 1. The number of nitrogens with zero attached hydrogens (tertiary/aromatic N) is 1. The SMILES string of the molecule is O=C(CSc1nc2ccccc2s1)NC(=O)c1ccccc1. The summed E-state index contributed by atoms with van der Waals surface area (Å²) in [5, 5.41) is 2.38. The van der Waals surface area contributed by atoms with E-state index < -0.39 is 0 Å². The van der Waals surface area contributed by atoms with Crippen molar-refractivity contribution in [1.29, 1.82) is 0 Å². The van der Waals surface area contributed by atoms with E-state index in [9.17, 15) is 9.59 Å². The van der Waals surface area contributed by atoms with Crippen LogP contribution in [0, 0.1) is 0 Å². The molecule has 3 aromatic rings. The van der Waals surface area contributed by atoms with Crippen LogP contribution >= 0.6 is 23.1 Å². The number of carbonyl (C=O) groups is 2. The normalized spacial score (nSPS) is 10.5. The summed E-state index contributed by atoms with van der Waals surface area (Å²) < 4.78 is 1.91. The Labute approximate surface area is 135 Å². The Morgan fingerprint density at radius 1 is 1.05 bits per heavy atom. The van der Waals surface area contributed by atoms with Crippen LogP contribution in [0.3, 0.4) is 0 Å². The lowest BCUT2D eigenvalue weighted by Gasteiger charge is -2.02. The van der Waals surface area contributed by atoms with E-state index >= 15 is 0 Å². The number of hydrogen-bond donors (Lipinski definition) is 1. The van der Waals surface area contributed by atoms with Crippen molar-refractivity contribution >= 4 is 45.1 Å². The van der Waals surface area contributed by atoms with Gasteiger partial charge in [-0.15, -0.1) is 11.3 Å². The monoisotopic (exact) mass is 328 g/mol. The summed E-state index contributed by atoms with van der Waals surface area (Å²) in [6.07, 6.45) is 0. The molecule has 0 radical (unpaired) electrons. The van der Waals surface area contributed by atoms with Crippen LogP contribution in [0.25, 0.3) is 10.2 Å². The van der Waals surface area contributed by atoms with Gasteiger partial charge in [0, 0.05) is 5.56 Å². The van der Waals surface area contributed by atoms with E-state index in [1.54, 1.807) is 35.6 Å². The van der Waals surface area contributed by atoms with Gasteiger partial charge in [0.1, 0.15) is 0 Å². The molecule has 0 spiro atoms. The number of imide groups is 1. The second-order valence-corrected chi connectivity index (χ2v) is 6.73. The maximum Gasteiger partial charge on any atom is 0.257 e. The summed E-state index contributed by atoms with van der Waals surface area (Å²) in [4.78, 5) is 28.1. The minimum atomic E-state index is -0.379. The van der Waals surface area contributed by atoms with Crippen molar-refractivity contribution in [3.05, 3.63) is 60.2 Å². The standard InChI is InChI=1S/C16H12N2O2S2/c19-14(18-15(20)11-6-2-1-3-7-11)10-21-16-17-12-8-4-5-9-13(12)22-16/h1-9H,10H2,(H,18,19,20). The Morgan fingerprint density at radius 3 is 2.55 bits per heavy atom. The fraction of sp³-hybridized carbons (Fsp3) is 0.0625. The highest BCUT2D eigenvalue weighted by molar-refractivity contribution is 8.01. The molecule has 6 heteroatoms. The Morgan fingerprint density at radius 2 is 1.77 bits per heavy atom. The van der Waals surface area contributed by atoms with Crippen molar-refractivity contribution < 1.29 is 9.59 Å². The van der Waals surface area contributed by atoms with Gasteiger partial charge in [0.25, 0.3) is 5.91 Å². The van der Waals surface area contributed by atoms with Crippen LogP contribution in [0.2, 0.25) is 0 Å². The molecule has 0 atom stereocenters. The largest absolute Gasteiger partial charge is 0.292 e. The maximum absolute atomic E-state index is 11.9. The van der Waals surface area contributed by atoms with E-state index in [4.69, 9.17) is 0 Å². The first-order chi connectivity index (χ1) is 10.7. The molecule has 1 aromatic heterocycles. The lowest BCUT2D eigenvalue weighted by Crippen LogP contribution is -2.31. The number of aromatic nitrogens is 1. The molecule has 4 nitrogen and oxygen atoms in total. The zero-order chi connectivity index (χ0) is 15.4. The van der Waals surface area contributed by atoms with Gasteiger partial charge in [-0.3, -0.25) is 14.9 Å². The van der Waals surface area contributed by atoms with E-state index in [1.807, 2.05) is 30.3 Å². The van der Waals surface area contributed by atoms with E-state index in [1.165, 1.54) is 11.8 Å². The highest BCUT2D eigenvalue weighted by Crippen LogP contribution is 2.28. The van der Waals surface area contributed by atoms with Gasteiger partial charge in [-0.25, -0.2) is 4.98 Å². The first-order valence-electron chi connectivity index (χ1n) is 6.60. The van der Waals surface area contributed by atoms with E-state index in [2.05, 4.69) is 10.3 Å². The molecule has 3 rings (SSSR count). The first-order valence-corrected chi connectivity index (χ1v) is 8.40. The number of carbonyl (C=O) groups excluding carboxylic acids is 2. The topological polar surface area (TPSA) is 59.1 Å². The summed E-state index contributed by atoms with van der Waals surface area (Å²) in [6.45, 7) is 0. The number of hydrogen-bond acceptors (Lipinski definition) is 5. The Bertz CT molecular complexity index is 782. The fourth-order valence-corrected chi connectivity index (χ4v) is 3.73. The molecule has 0 aliphatic heterocycles. The Balaban J connectivity index is 1.57. The summed E-state index contributed by atoms with van der Waals surface area (Å²) in [7, 11) is 0. The van der Waals surface area contributed by atoms with Gasteiger partial charge in [-0.2, -0.15) is 0 Å². The second-order valence-electron chi connectivity index (χ2n) is 4.48. The average Bonchev–Trinajstić information content (AvgIpc) is 2.96. The van der Waals surface area contributed by atoms with Crippen molar-refractivity contribution in [2.45, 2.75) is 4.34 Å². The highest BCUT2D eigenvalue weighted by Gasteiger charge is 2.11. The summed E-state index contributed by atoms with van der Waals surface area (Å²) in [6, 6.07) is 16.5. The minimum Gasteiger partial charge on any atom is -0.292 e. The predicted octanol–water partition coefficient (Wildman–Crippen LogP) is 3.35. The molecule has 0 saturated carbocycles. The van der Waals surface area contributed by atoms with Gasteiger partial charge >= 0.3 is 0 Å². The zero-order valence-electron chi connectivity index (χ0n) is 11.5. The number of rotatable bonds is 4. The highest BCUT2D eigenvalue weighted by atomic mass is 32.2. The molecule has 2 aromatic carbocycles. The van der Waals surface area contributed by atoms with Crippen LogP contribution in [0.5, 0.6) is 0 Å². The van der Waals surface area contributed by atoms with Crippen LogP contribution in [0.4, 0.5) is 0 Å². The van der Waals surface area contributed by atoms with Crippen molar-refractivity contribution in [2.75, 3.05) is 5.75 Å². The molecular weight excluding hydrogens is 316 g/mol. The number of thioether (sulfide) groups is 1. The van der Waals surface area contributed by atoms with Crippen LogP contribution in [-0.2, 0) is 4.79 Å². The molecule has 0 aliphatic carbocycles. The third-order valence-electron chi connectivity index (χ3n) is 2.89. The van der Waals surface area contributed by atoms with E-state index in [0.717, 1.165) is 14.6 Å². The van der Waals surface area contributed by atoms with Crippen molar-refractivity contribution in [2.24, 2.45) is 0 Å². The number of fused-ring (bicyclic) bond motifs is 1. The molecule has 0 unspecified atom stereocenters. The number of thiazole rings is 1. The number of benzene rings is 2. The van der Waals surface area contributed by atoms with Crippen molar-refractivity contribution in [3.8, 4) is 0 Å². The molecule has 0 saturated heterocycles. The second kappa shape index (κ2) is 6.72. The van der Waals surface area contributed by atoms with Crippen LogP contribution in [0.1, 0.15) is 10.4 Å². The van der Waals surface area contributed by atoms with Crippen LogP contribution in [0.15, 0.2) is 58.9 Å². The summed E-state index contributed by atoms with van der Waals surface area (Å²) in [5.74, 6) is -0.535.